The molecule has 0 unspecified atom stereocenters. The second-order valence-corrected chi connectivity index (χ2v) is 8.40. The van der Waals surface area contributed by atoms with Gasteiger partial charge >= 0.3 is 0 Å². The highest BCUT2D eigenvalue weighted by Crippen LogP contribution is 2.17. The smallest absolute Gasteiger partial charge is 0.264 e. The number of sulfonamides is 1. The van der Waals surface area contributed by atoms with E-state index in [1.165, 1.54) is 12.1 Å². The maximum atomic E-state index is 11.9. The molecule has 0 atom stereocenters. The highest BCUT2D eigenvalue weighted by Gasteiger charge is 2.12. The molecule has 0 spiro atoms. The lowest BCUT2D eigenvalue weighted by Crippen LogP contribution is -2.29. The molecule has 7 nitrogen and oxygen atoms in total. The number of H-pyrrole nitrogens is 1. The molecule has 3 aromatic rings. The van der Waals surface area contributed by atoms with Crippen molar-refractivity contribution in [3.8, 4) is 11.4 Å². The van der Waals surface area contributed by atoms with E-state index in [1.54, 1.807) is 22.9 Å². The van der Waals surface area contributed by atoms with E-state index >= 15 is 0 Å². The molecule has 2 aromatic carbocycles. The molecule has 1 heterocycles. The maximum absolute atomic E-state index is 11.9. The number of hydrogen-bond acceptors (Lipinski definition) is 5. The SMILES string of the molecule is CS(=O)(=O)NC(=O)c1ccc(-c2nc(=S)n(Cc3cccc(Cl)c3)[nH]2)cc1. The van der Waals surface area contributed by atoms with Crippen molar-refractivity contribution in [2.45, 2.75) is 6.54 Å². The van der Waals surface area contributed by atoms with Crippen LogP contribution in [0.15, 0.2) is 48.5 Å². The lowest BCUT2D eigenvalue weighted by Gasteiger charge is -2.04. The third-order valence-electron chi connectivity index (χ3n) is 3.61. The van der Waals surface area contributed by atoms with Gasteiger partial charge in [-0.05, 0) is 42.0 Å². The van der Waals surface area contributed by atoms with Crippen molar-refractivity contribution in [1.29, 1.82) is 0 Å². The van der Waals surface area contributed by atoms with Crippen molar-refractivity contribution in [2.75, 3.05) is 6.26 Å². The van der Waals surface area contributed by atoms with Crippen LogP contribution in [0.2, 0.25) is 5.02 Å². The summed E-state index contributed by atoms with van der Waals surface area (Å²) in [7, 11) is -3.61. The van der Waals surface area contributed by atoms with Crippen LogP contribution >= 0.6 is 23.8 Å². The maximum Gasteiger partial charge on any atom is 0.264 e. The van der Waals surface area contributed by atoms with Crippen LogP contribution in [-0.4, -0.2) is 35.3 Å². The highest BCUT2D eigenvalue weighted by atomic mass is 35.5. The molecule has 140 valence electrons. The third-order valence-corrected chi connectivity index (χ3v) is 4.71. The summed E-state index contributed by atoms with van der Waals surface area (Å²) in [4.78, 5) is 16.2. The normalized spacial score (nSPS) is 11.3. The number of benzene rings is 2. The number of aromatic nitrogens is 3. The summed E-state index contributed by atoms with van der Waals surface area (Å²) in [6.45, 7) is 0.487. The van der Waals surface area contributed by atoms with E-state index in [0.29, 0.717) is 27.7 Å². The Balaban J connectivity index is 1.81. The lowest BCUT2D eigenvalue weighted by atomic mass is 10.1. The van der Waals surface area contributed by atoms with Gasteiger partial charge in [0.1, 0.15) is 0 Å². The number of nitrogens with one attached hydrogen (secondary N) is 2. The van der Waals surface area contributed by atoms with Gasteiger partial charge in [-0.1, -0.05) is 35.9 Å². The summed E-state index contributed by atoms with van der Waals surface area (Å²) in [6, 6.07) is 13.8. The number of carbonyl (C=O) groups is 1. The van der Waals surface area contributed by atoms with Crippen molar-refractivity contribution >= 4 is 39.7 Å². The molecule has 0 aliphatic heterocycles. The van der Waals surface area contributed by atoms with Crippen LogP contribution in [0.4, 0.5) is 0 Å². The van der Waals surface area contributed by atoms with E-state index in [2.05, 4.69) is 10.1 Å². The molecule has 2 N–H and O–H groups in total. The van der Waals surface area contributed by atoms with Gasteiger partial charge in [-0.15, -0.1) is 0 Å². The summed E-state index contributed by atoms with van der Waals surface area (Å²) >= 11 is 11.3. The molecule has 0 bridgehead atoms. The number of nitrogens with zero attached hydrogens (tertiary/aromatic N) is 2. The first-order valence-electron chi connectivity index (χ1n) is 7.75. The van der Waals surface area contributed by atoms with Gasteiger partial charge in [-0.25, -0.2) is 13.1 Å². The molecule has 0 radical (unpaired) electrons. The fourth-order valence-electron chi connectivity index (χ4n) is 2.42. The molecule has 27 heavy (non-hydrogen) atoms. The fraction of sp³-hybridized carbons (Fsp3) is 0.118. The van der Waals surface area contributed by atoms with E-state index < -0.39 is 15.9 Å². The first-order valence-corrected chi connectivity index (χ1v) is 10.4. The minimum absolute atomic E-state index is 0.223. The zero-order valence-electron chi connectivity index (χ0n) is 14.1. The number of halogens is 1. The minimum Gasteiger partial charge on any atom is -0.279 e. The van der Waals surface area contributed by atoms with Gasteiger partial charge < -0.3 is 0 Å². The first kappa shape index (κ1) is 19.3. The molecule has 0 aliphatic rings. The molecule has 3 rings (SSSR count). The van der Waals surface area contributed by atoms with Gasteiger partial charge in [-0.3, -0.25) is 14.6 Å². The lowest BCUT2D eigenvalue weighted by molar-refractivity contribution is 0.0981. The molecule has 0 saturated carbocycles. The number of carbonyl (C=O) groups excluding carboxylic acids is 1. The third kappa shape index (κ3) is 5.03. The van der Waals surface area contributed by atoms with Crippen LogP contribution in [-0.2, 0) is 16.6 Å². The Kier molecular flexibility index (Phi) is 5.45. The molecule has 1 amide bonds. The predicted molar refractivity (Wildman–Crippen MR) is 106 cm³/mol. The number of hydrogen-bond donors (Lipinski definition) is 2. The Morgan fingerprint density at radius 3 is 2.59 bits per heavy atom. The minimum atomic E-state index is -3.61. The number of rotatable bonds is 5. The van der Waals surface area contributed by atoms with Gasteiger partial charge in [0.05, 0.1) is 12.8 Å². The average molecular weight is 423 g/mol. The van der Waals surface area contributed by atoms with Gasteiger partial charge in [0.2, 0.25) is 14.8 Å². The monoisotopic (exact) mass is 422 g/mol. The van der Waals surface area contributed by atoms with Crippen LogP contribution in [0.25, 0.3) is 11.4 Å². The summed E-state index contributed by atoms with van der Waals surface area (Å²) in [5.74, 6) is -0.152. The number of amides is 1. The van der Waals surface area contributed by atoms with E-state index in [-0.39, 0.29) is 5.56 Å². The molecule has 1 aromatic heterocycles. The zero-order valence-corrected chi connectivity index (χ0v) is 16.5. The summed E-state index contributed by atoms with van der Waals surface area (Å²) in [5, 5.41) is 3.75. The summed E-state index contributed by atoms with van der Waals surface area (Å²) in [6.07, 6.45) is 0.923. The molecule has 0 saturated heterocycles. The van der Waals surface area contributed by atoms with E-state index in [4.69, 9.17) is 23.8 Å². The van der Waals surface area contributed by atoms with E-state index in [0.717, 1.165) is 11.8 Å². The van der Waals surface area contributed by atoms with E-state index in [9.17, 15) is 13.2 Å². The average Bonchev–Trinajstić information content (AvgIpc) is 2.94. The van der Waals surface area contributed by atoms with Gasteiger partial charge in [0.15, 0.2) is 5.82 Å². The topological polar surface area (TPSA) is 96.8 Å². The van der Waals surface area contributed by atoms with Crippen molar-refractivity contribution in [3.63, 3.8) is 0 Å². The van der Waals surface area contributed by atoms with Gasteiger partial charge in [0.25, 0.3) is 5.91 Å². The van der Waals surface area contributed by atoms with Crippen molar-refractivity contribution in [3.05, 3.63) is 69.5 Å². The van der Waals surface area contributed by atoms with Crippen LogP contribution in [0.1, 0.15) is 15.9 Å². The van der Waals surface area contributed by atoms with Gasteiger partial charge in [-0.2, -0.15) is 4.98 Å². The fourth-order valence-corrected chi connectivity index (χ4v) is 3.29. The van der Waals surface area contributed by atoms with Crippen LogP contribution < -0.4 is 4.72 Å². The summed E-state index contributed by atoms with van der Waals surface area (Å²) < 4.78 is 26.3. The first-order chi connectivity index (χ1) is 12.7. The standard InChI is InChI=1S/C17H15ClN4O3S2/c1-27(24,25)21-16(23)13-7-5-12(6-8-13)15-19-17(26)22(20-15)10-11-3-2-4-14(18)9-11/h2-9H,10H2,1H3,(H,21,23)(H,19,20,26). The number of aromatic amines is 1. The Labute approximate surface area is 166 Å². The highest BCUT2D eigenvalue weighted by molar-refractivity contribution is 7.89. The van der Waals surface area contributed by atoms with Crippen molar-refractivity contribution < 1.29 is 13.2 Å². The Bertz CT molecular complexity index is 1150. The summed E-state index contributed by atoms with van der Waals surface area (Å²) in [5.41, 5.74) is 1.91. The van der Waals surface area contributed by atoms with Crippen molar-refractivity contribution in [2.24, 2.45) is 0 Å². The molecule has 0 aliphatic carbocycles. The van der Waals surface area contributed by atoms with Crippen molar-refractivity contribution in [1.82, 2.24) is 19.5 Å². The van der Waals surface area contributed by atoms with Crippen LogP contribution in [0.5, 0.6) is 0 Å². The zero-order chi connectivity index (χ0) is 19.6. The van der Waals surface area contributed by atoms with E-state index in [1.807, 2.05) is 22.9 Å². The predicted octanol–water partition coefficient (Wildman–Crippen LogP) is 3.00. The Morgan fingerprint density at radius 1 is 1.26 bits per heavy atom. The van der Waals surface area contributed by atoms with Crippen LogP contribution in [0, 0.1) is 4.77 Å². The quantitative estimate of drug-likeness (QED) is 0.616. The van der Waals surface area contributed by atoms with Crippen LogP contribution in [0.3, 0.4) is 0 Å². The molecule has 0 fully saturated rings. The Hall–Kier alpha value is -2.49. The Morgan fingerprint density at radius 2 is 1.96 bits per heavy atom. The second-order valence-electron chi connectivity index (χ2n) is 5.85. The largest absolute Gasteiger partial charge is 0.279 e. The second kappa shape index (κ2) is 7.63. The molecular weight excluding hydrogens is 408 g/mol. The van der Waals surface area contributed by atoms with Gasteiger partial charge in [0, 0.05) is 16.1 Å². The molecule has 10 heteroatoms. The molecular formula is C17H15ClN4O3S2.